The molecule has 0 aliphatic rings. The predicted molar refractivity (Wildman–Crippen MR) is 78.3 cm³/mol. The van der Waals surface area contributed by atoms with Crippen LogP contribution in [0.1, 0.15) is 16.1 Å². The lowest BCUT2D eigenvalue weighted by molar-refractivity contribution is -0.137. The Labute approximate surface area is 123 Å². The number of nitrogens with two attached hydrogens (primary N) is 1. The lowest BCUT2D eigenvalue weighted by Gasteiger charge is -2.04. The summed E-state index contributed by atoms with van der Waals surface area (Å²) in [7, 11) is 0. The first-order chi connectivity index (χ1) is 9.91. The van der Waals surface area contributed by atoms with E-state index in [2.05, 4.69) is 4.98 Å². The van der Waals surface area contributed by atoms with Crippen molar-refractivity contribution in [3.05, 3.63) is 58.6 Å². The number of nitrogens with zero attached hydrogens (tertiary/aromatic N) is 1. The van der Waals surface area contributed by atoms with Gasteiger partial charge in [0.25, 0.3) is 0 Å². The van der Waals surface area contributed by atoms with Crippen LogP contribution in [0.3, 0.4) is 0 Å². The lowest BCUT2D eigenvalue weighted by atomic mass is 10.1. The standard InChI is InChI=1S/C15H11F3N2S/c16-15(17,18)10-4-5-13-12(8-10)20-14(21-13)7-9-2-1-3-11(19)6-9/h1-6,8H,7,19H2. The van der Waals surface area contributed by atoms with Crippen LogP contribution in [-0.4, -0.2) is 4.98 Å². The average Bonchev–Trinajstić information content (AvgIpc) is 2.78. The van der Waals surface area contributed by atoms with E-state index in [9.17, 15) is 13.2 Å². The van der Waals surface area contributed by atoms with Crippen LogP contribution in [0, 0.1) is 0 Å². The highest BCUT2D eigenvalue weighted by Crippen LogP contribution is 2.33. The van der Waals surface area contributed by atoms with E-state index in [1.807, 2.05) is 18.2 Å². The maximum atomic E-state index is 12.7. The summed E-state index contributed by atoms with van der Waals surface area (Å²) in [5.41, 5.74) is 7.08. The molecule has 0 radical (unpaired) electrons. The number of benzene rings is 2. The highest BCUT2D eigenvalue weighted by atomic mass is 32.1. The van der Waals surface area contributed by atoms with Gasteiger partial charge in [0.1, 0.15) is 0 Å². The quantitative estimate of drug-likeness (QED) is 0.709. The molecule has 0 saturated heterocycles. The van der Waals surface area contributed by atoms with E-state index in [-0.39, 0.29) is 0 Å². The fourth-order valence-corrected chi connectivity index (χ4v) is 3.09. The molecule has 1 aromatic heterocycles. The van der Waals surface area contributed by atoms with Crippen molar-refractivity contribution in [2.75, 3.05) is 5.73 Å². The molecule has 0 saturated carbocycles. The number of nitrogen functional groups attached to an aromatic ring is 1. The van der Waals surface area contributed by atoms with Crippen LogP contribution in [0.2, 0.25) is 0 Å². The van der Waals surface area contributed by atoms with Crippen LogP contribution in [0.15, 0.2) is 42.5 Å². The number of hydrogen-bond donors (Lipinski definition) is 1. The molecule has 21 heavy (non-hydrogen) atoms. The summed E-state index contributed by atoms with van der Waals surface area (Å²) in [6.07, 6.45) is -3.78. The Morgan fingerprint density at radius 2 is 1.90 bits per heavy atom. The van der Waals surface area contributed by atoms with E-state index >= 15 is 0 Å². The second kappa shape index (κ2) is 5.04. The predicted octanol–water partition coefficient (Wildman–Crippen LogP) is 4.49. The smallest absolute Gasteiger partial charge is 0.399 e. The molecular formula is C15H11F3N2S. The summed E-state index contributed by atoms with van der Waals surface area (Å²) < 4.78 is 38.8. The third-order valence-corrected chi connectivity index (χ3v) is 4.10. The molecule has 3 aromatic rings. The van der Waals surface area contributed by atoms with Crippen molar-refractivity contribution in [3.8, 4) is 0 Å². The zero-order valence-electron chi connectivity index (χ0n) is 10.8. The number of thiazole rings is 1. The van der Waals surface area contributed by atoms with Gasteiger partial charge in [0.2, 0.25) is 0 Å². The van der Waals surface area contributed by atoms with Gasteiger partial charge in [0.15, 0.2) is 0 Å². The Morgan fingerprint density at radius 3 is 2.62 bits per heavy atom. The van der Waals surface area contributed by atoms with E-state index in [0.717, 1.165) is 27.4 Å². The van der Waals surface area contributed by atoms with Gasteiger partial charge >= 0.3 is 6.18 Å². The molecule has 2 nitrogen and oxygen atoms in total. The molecule has 2 aromatic carbocycles. The summed E-state index contributed by atoms with van der Waals surface area (Å²) in [5, 5.41) is 0.773. The molecule has 0 aliphatic carbocycles. The highest BCUT2D eigenvalue weighted by Gasteiger charge is 2.30. The zero-order valence-corrected chi connectivity index (χ0v) is 11.6. The van der Waals surface area contributed by atoms with E-state index in [1.54, 1.807) is 6.07 Å². The summed E-state index contributed by atoms with van der Waals surface area (Å²) in [5.74, 6) is 0. The monoisotopic (exact) mass is 308 g/mol. The molecule has 0 unspecified atom stereocenters. The average molecular weight is 308 g/mol. The Kier molecular flexibility index (Phi) is 3.33. The van der Waals surface area contributed by atoms with E-state index in [0.29, 0.717) is 17.6 Å². The molecule has 1 heterocycles. The second-order valence-electron chi connectivity index (χ2n) is 4.71. The molecule has 0 fully saturated rings. The first kappa shape index (κ1) is 13.9. The summed E-state index contributed by atoms with van der Waals surface area (Å²) >= 11 is 1.40. The first-order valence-corrected chi connectivity index (χ1v) is 7.04. The topological polar surface area (TPSA) is 38.9 Å². The van der Waals surface area contributed by atoms with Gasteiger partial charge in [0.05, 0.1) is 20.8 Å². The van der Waals surface area contributed by atoms with Crippen molar-refractivity contribution in [3.63, 3.8) is 0 Å². The van der Waals surface area contributed by atoms with E-state index in [1.165, 1.54) is 17.4 Å². The van der Waals surface area contributed by atoms with Crippen LogP contribution < -0.4 is 5.73 Å². The minimum atomic E-state index is -4.34. The maximum Gasteiger partial charge on any atom is 0.416 e. The molecule has 108 valence electrons. The number of halogens is 3. The molecule has 0 atom stereocenters. The van der Waals surface area contributed by atoms with Crippen LogP contribution in [0.5, 0.6) is 0 Å². The van der Waals surface area contributed by atoms with Gasteiger partial charge in [-0.3, -0.25) is 0 Å². The zero-order chi connectivity index (χ0) is 15.0. The van der Waals surface area contributed by atoms with Crippen molar-refractivity contribution in [2.24, 2.45) is 0 Å². The molecule has 6 heteroatoms. The maximum absolute atomic E-state index is 12.7. The number of anilines is 1. The SMILES string of the molecule is Nc1cccc(Cc2nc3cc(C(F)(F)F)ccc3s2)c1. The summed E-state index contributed by atoms with van der Waals surface area (Å²) in [4.78, 5) is 4.29. The molecule has 3 rings (SSSR count). The third kappa shape index (κ3) is 3.00. The van der Waals surface area contributed by atoms with Crippen molar-refractivity contribution < 1.29 is 13.2 Å². The lowest BCUT2D eigenvalue weighted by Crippen LogP contribution is -2.03. The minimum absolute atomic E-state index is 0.383. The molecule has 0 amide bonds. The minimum Gasteiger partial charge on any atom is -0.399 e. The molecule has 0 spiro atoms. The van der Waals surface area contributed by atoms with Crippen LogP contribution in [0.4, 0.5) is 18.9 Å². The fourth-order valence-electron chi connectivity index (χ4n) is 2.10. The number of rotatable bonds is 2. The van der Waals surface area contributed by atoms with Crippen LogP contribution in [0.25, 0.3) is 10.2 Å². The Bertz CT molecular complexity index is 793. The Balaban J connectivity index is 1.94. The highest BCUT2D eigenvalue weighted by molar-refractivity contribution is 7.18. The van der Waals surface area contributed by atoms with Gasteiger partial charge in [-0.25, -0.2) is 4.98 Å². The molecule has 2 N–H and O–H groups in total. The number of alkyl halides is 3. The van der Waals surface area contributed by atoms with Crippen molar-refractivity contribution >= 4 is 27.2 Å². The number of aromatic nitrogens is 1. The van der Waals surface area contributed by atoms with E-state index in [4.69, 9.17) is 5.73 Å². The molecular weight excluding hydrogens is 297 g/mol. The largest absolute Gasteiger partial charge is 0.416 e. The third-order valence-electron chi connectivity index (χ3n) is 3.07. The van der Waals surface area contributed by atoms with Gasteiger partial charge < -0.3 is 5.73 Å². The second-order valence-corrected chi connectivity index (χ2v) is 5.82. The first-order valence-electron chi connectivity index (χ1n) is 6.23. The van der Waals surface area contributed by atoms with Gasteiger partial charge in [0, 0.05) is 12.1 Å². The number of hydrogen-bond acceptors (Lipinski definition) is 3. The normalized spacial score (nSPS) is 12.0. The van der Waals surface area contributed by atoms with Gasteiger partial charge in [-0.15, -0.1) is 11.3 Å². The Hall–Kier alpha value is -2.08. The van der Waals surface area contributed by atoms with Gasteiger partial charge in [-0.2, -0.15) is 13.2 Å². The van der Waals surface area contributed by atoms with Gasteiger partial charge in [-0.05, 0) is 35.9 Å². The van der Waals surface area contributed by atoms with Crippen molar-refractivity contribution in [1.29, 1.82) is 0 Å². The molecule has 0 bridgehead atoms. The fraction of sp³-hybridized carbons (Fsp3) is 0.133. The number of fused-ring (bicyclic) bond motifs is 1. The van der Waals surface area contributed by atoms with Crippen LogP contribution >= 0.6 is 11.3 Å². The summed E-state index contributed by atoms with van der Waals surface area (Å²) in [6.45, 7) is 0. The van der Waals surface area contributed by atoms with Gasteiger partial charge in [-0.1, -0.05) is 12.1 Å². The summed E-state index contributed by atoms with van der Waals surface area (Å²) in [6, 6.07) is 11.0. The van der Waals surface area contributed by atoms with Crippen molar-refractivity contribution in [1.82, 2.24) is 4.98 Å². The van der Waals surface area contributed by atoms with E-state index < -0.39 is 11.7 Å². The van der Waals surface area contributed by atoms with Crippen LogP contribution in [-0.2, 0) is 12.6 Å². The molecule has 0 aliphatic heterocycles. The van der Waals surface area contributed by atoms with Crippen molar-refractivity contribution in [2.45, 2.75) is 12.6 Å². The Morgan fingerprint density at radius 1 is 1.10 bits per heavy atom.